The van der Waals surface area contributed by atoms with Crippen LogP contribution in [0, 0.1) is 0 Å². The van der Waals surface area contributed by atoms with E-state index in [2.05, 4.69) is 26.0 Å². The number of nitrogens with two attached hydrogens (primary N) is 1. The number of halogens is 4. The number of carbonyl (C=O) groups excluding carboxylic acids is 3. The van der Waals surface area contributed by atoms with Crippen molar-refractivity contribution in [3.63, 3.8) is 0 Å². The topological polar surface area (TPSA) is 102 Å². The van der Waals surface area contributed by atoms with Crippen molar-refractivity contribution in [1.29, 1.82) is 0 Å². The summed E-state index contributed by atoms with van der Waals surface area (Å²) in [6.07, 6.45) is -1.74. The molecule has 0 aliphatic heterocycles. The molecule has 4 aromatic rings. The predicted octanol–water partition coefficient (Wildman–Crippen LogP) is 7.26. The van der Waals surface area contributed by atoms with E-state index < -0.39 is 12.1 Å². The molecule has 0 bridgehead atoms. The molecule has 11 heteroatoms. The summed E-state index contributed by atoms with van der Waals surface area (Å²) in [5.41, 5.74) is 10.4. The van der Waals surface area contributed by atoms with E-state index in [0.29, 0.717) is 38.2 Å². The fourth-order valence-corrected chi connectivity index (χ4v) is 5.26. The molecule has 4 rings (SSSR count). The zero-order chi connectivity index (χ0) is 34.5. The molecule has 0 atom stereocenters. The van der Waals surface area contributed by atoms with Crippen LogP contribution in [0.3, 0.4) is 0 Å². The van der Waals surface area contributed by atoms with E-state index in [1.807, 2.05) is 66.7 Å². The van der Waals surface area contributed by atoms with Crippen LogP contribution in [-0.4, -0.2) is 48.5 Å². The molecule has 0 saturated carbocycles. The fourth-order valence-electron chi connectivity index (χ4n) is 4.99. The fraction of sp³-hybridized carbons (Fsp3) is 0.270. The minimum atomic E-state index is -5.09. The number of nitrogens with one attached hydrogen (secondary N) is 1. The Morgan fingerprint density at radius 3 is 2.15 bits per heavy atom. The lowest BCUT2D eigenvalue weighted by Gasteiger charge is -2.24. The first kappa shape index (κ1) is 36.4. The first-order valence-corrected chi connectivity index (χ1v) is 16.4. The van der Waals surface area contributed by atoms with Crippen molar-refractivity contribution in [2.24, 2.45) is 5.73 Å². The van der Waals surface area contributed by atoms with E-state index in [-0.39, 0.29) is 24.0 Å². The molecule has 0 saturated heterocycles. The van der Waals surface area contributed by atoms with Gasteiger partial charge in [-0.1, -0.05) is 76.9 Å². The van der Waals surface area contributed by atoms with Gasteiger partial charge in [0.15, 0.2) is 0 Å². The van der Waals surface area contributed by atoms with Gasteiger partial charge in [0, 0.05) is 29.7 Å². The number of nitrogens with zero attached hydrogens (tertiary/aromatic N) is 1. The number of amides is 2. The number of rotatable bonds is 15. The van der Waals surface area contributed by atoms with Crippen LogP contribution in [0.5, 0.6) is 5.75 Å². The zero-order valence-corrected chi connectivity index (χ0v) is 27.9. The molecule has 4 aromatic carbocycles. The highest BCUT2D eigenvalue weighted by molar-refractivity contribution is 9.10. The summed E-state index contributed by atoms with van der Waals surface area (Å²) in [4.78, 5) is 39.3. The number of esters is 1. The van der Waals surface area contributed by atoms with Gasteiger partial charge in [-0.05, 0) is 96.1 Å². The lowest BCUT2D eigenvalue weighted by Crippen LogP contribution is -2.33. The van der Waals surface area contributed by atoms with Crippen LogP contribution >= 0.6 is 15.9 Å². The van der Waals surface area contributed by atoms with Crippen LogP contribution in [0.4, 0.5) is 13.2 Å². The SMILES string of the molecule is NCCCCCNC(=O)c1cccc(-c2cccc(CN(CCc3ccc(OC(=O)C(F)(F)F)cc3)C(=O)Cc3ccc(Br)cc3)c2)c1. The molecule has 252 valence electrons. The molecule has 0 aromatic heterocycles. The predicted molar refractivity (Wildman–Crippen MR) is 182 cm³/mol. The first-order chi connectivity index (χ1) is 23.0. The third kappa shape index (κ3) is 11.3. The molecule has 3 N–H and O–H groups in total. The van der Waals surface area contributed by atoms with E-state index in [9.17, 15) is 27.6 Å². The van der Waals surface area contributed by atoms with Crippen molar-refractivity contribution in [1.82, 2.24) is 10.2 Å². The lowest BCUT2D eigenvalue weighted by molar-refractivity contribution is -0.189. The Hall–Kier alpha value is -4.48. The molecule has 0 aliphatic carbocycles. The Balaban J connectivity index is 1.47. The standard InChI is InChI=1S/C37H37BrF3N3O4/c38-32-14-10-27(11-15-32)23-34(45)44(21-18-26-12-16-33(17-13-26)48-36(47)37(39,40)41)25-28-6-4-7-29(22-28)30-8-5-9-31(24-30)35(46)43-20-3-1-2-19-42/h4-17,22,24H,1-3,18-21,23,25,42H2,(H,43,46). The number of ether oxygens (including phenoxy) is 1. The summed E-state index contributed by atoms with van der Waals surface area (Å²) in [6, 6.07) is 28.4. The molecule has 0 heterocycles. The molecular weight excluding hydrogens is 687 g/mol. The van der Waals surface area contributed by atoms with Crippen LogP contribution in [0.15, 0.2) is 102 Å². The molecule has 2 amide bonds. The molecule has 0 unspecified atom stereocenters. The van der Waals surface area contributed by atoms with Crippen molar-refractivity contribution in [3.8, 4) is 16.9 Å². The summed E-state index contributed by atoms with van der Waals surface area (Å²) in [6.45, 7) is 1.87. The molecule has 0 radical (unpaired) electrons. The maximum Gasteiger partial charge on any atom is 0.491 e. The number of hydrogen-bond acceptors (Lipinski definition) is 5. The lowest BCUT2D eigenvalue weighted by atomic mass is 10.0. The van der Waals surface area contributed by atoms with Gasteiger partial charge < -0.3 is 20.7 Å². The Morgan fingerprint density at radius 1 is 0.792 bits per heavy atom. The molecule has 0 fully saturated rings. The quantitative estimate of drug-likeness (QED) is 0.0764. The Kier molecular flexibility index (Phi) is 13.3. The monoisotopic (exact) mass is 723 g/mol. The normalized spacial score (nSPS) is 11.2. The first-order valence-electron chi connectivity index (χ1n) is 15.6. The largest absolute Gasteiger partial charge is 0.491 e. The third-order valence-electron chi connectivity index (χ3n) is 7.58. The van der Waals surface area contributed by atoms with E-state index in [1.165, 1.54) is 12.1 Å². The third-order valence-corrected chi connectivity index (χ3v) is 8.11. The van der Waals surface area contributed by atoms with Gasteiger partial charge in [0.25, 0.3) is 5.91 Å². The number of carbonyl (C=O) groups is 3. The highest BCUT2D eigenvalue weighted by Crippen LogP contribution is 2.24. The minimum Gasteiger partial charge on any atom is -0.420 e. The van der Waals surface area contributed by atoms with Crippen LogP contribution in [-0.2, 0) is 29.0 Å². The summed E-state index contributed by atoms with van der Waals surface area (Å²) >= 11 is 3.42. The number of hydrogen-bond donors (Lipinski definition) is 2. The van der Waals surface area contributed by atoms with Crippen LogP contribution < -0.4 is 15.8 Å². The highest BCUT2D eigenvalue weighted by atomic mass is 79.9. The van der Waals surface area contributed by atoms with Crippen LogP contribution in [0.1, 0.15) is 46.3 Å². The maximum absolute atomic E-state index is 13.6. The average molecular weight is 725 g/mol. The van der Waals surface area contributed by atoms with Crippen molar-refractivity contribution < 1.29 is 32.3 Å². The van der Waals surface area contributed by atoms with E-state index in [1.54, 1.807) is 23.1 Å². The smallest absolute Gasteiger partial charge is 0.420 e. The van der Waals surface area contributed by atoms with Crippen molar-refractivity contribution >= 4 is 33.7 Å². The van der Waals surface area contributed by atoms with Crippen molar-refractivity contribution in [3.05, 3.63) is 124 Å². The summed E-state index contributed by atoms with van der Waals surface area (Å²) in [7, 11) is 0. The van der Waals surface area contributed by atoms with Gasteiger partial charge in [-0.25, -0.2) is 4.79 Å². The summed E-state index contributed by atoms with van der Waals surface area (Å²) in [5.74, 6) is -2.74. The van der Waals surface area contributed by atoms with E-state index in [0.717, 1.165) is 51.6 Å². The Labute approximate surface area is 286 Å². The van der Waals surface area contributed by atoms with Crippen LogP contribution in [0.25, 0.3) is 11.1 Å². The van der Waals surface area contributed by atoms with Gasteiger partial charge in [0.2, 0.25) is 5.91 Å². The maximum atomic E-state index is 13.6. The molecule has 48 heavy (non-hydrogen) atoms. The van der Waals surface area contributed by atoms with Gasteiger partial charge in [-0.2, -0.15) is 13.2 Å². The van der Waals surface area contributed by atoms with Crippen molar-refractivity contribution in [2.75, 3.05) is 19.6 Å². The Bertz CT molecular complexity index is 1680. The number of unbranched alkanes of at least 4 members (excludes halogenated alkanes) is 2. The number of benzene rings is 4. The van der Waals surface area contributed by atoms with Gasteiger partial charge in [0.1, 0.15) is 5.75 Å². The van der Waals surface area contributed by atoms with Crippen molar-refractivity contribution in [2.45, 2.75) is 44.8 Å². The van der Waals surface area contributed by atoms with Gasteiger partial charge >= 0.3 is 12.1 Å². The molecule has 0 aliphatic rings. The van der Waals surface area contributed by atoms with E-state index in [4.69, 9.17) is 5.73 Å². The minimum absolute atomic E-state index is 0.0939. The summed E-state index contributed by atoms with van der Waals surface area (Å²) in [5, 5.41) is 2.96. The average Bonchev–Trinajstić information content (AvgIpc) is 3.08. The number of alkyl halides is 3. The van der Waals surface area contributed by atoms with Gasteiger partial charge in [0.05, 0.1) is 6.42 Å². The van der Waals surface area contributed by atoms with Gasteiger partial charge in [-0.3, -0.25) is 9.59 Å². The van der Waals surface area contributed by atoms with E-state index >= 15 is 0 Å². The highest BCUT2D eigenvalue weighted by Gasteiger charge is 2.41. The Morgan fingerprint density at radius 2 is 1.46 bits per heavy atom. The molecule has 0 spiro atoms. The second-order valence-corrected chi connectivity index (χ2v) is 12.2. The zero-order valence-electron chi connectivity index (χ0n) is 26.3. The summed E-state index contributed by atoms with van der Waals surface area (Å²) < 4.78 is 43.0. The van der Waals surface area contributed by atoms with Gasteiger partial charge in [-0.15, -0.1) is 0 Å². The second-order valence-electron chi connectivity index (χ2n) is 11.3. The molecule has 7 nitrogen and oxygen atoms in total. The van der Waals surface area contributed by atoms with Crippen LogP contribution in [0.2, 0.25) is 0 Å². The second kappa shape index (κ2) is 17.6. The molecular formula is C37H37BrF3N3O4.